The molecule has 0 bridgehead atoms. The normalized spacial score (nSPS) is 16.4. The van der Waals surface area contributed by atoms with Gasteiger partial charge in [0, 0.05) is 6.54 Å². The van der Waals surface area contributed by atoms with Gasteiger partial charge in [-0.05, 0) is 30.7 Å². The Balaban J connectivity index is 1.90. The first kappa shape index (κ1) is 14.0. The number of hydrogen-bond acceptors (Lipinski definition) is 2. The maximum atomic E-state index is 12.2. The van der Waals surface area contributed by atoms with Crippen LogP contribution < -0.4 is 11.1 Å². The van der Waals surface area contributed by atoms with Crippen molar-refractivity contribution in [3.8, 4) is 0 Å². The van der Waals surface area contributed by atoms with Crippen molar-refractivity contribution in [3.05, 3.63) is 35.9 Å². The summed E-state index contributed by atoms with van der Waals surface area (Å²) in [5.74, 6) is 0.202. The Bertz CT molecular complexity index is 443. The Morgan fingerprint density at radius 3 is 2.58 bits per heavy atom. The van der Waals surface area contributed by atoms with Crippen LogP contribution in [0.25, 0.3) is 0 Å². The predicted octanol–water partition coefficient (Wildman–Crippen LogP) is 2.05. The molecule has 3 nitrogen and oxygen atoms in total. The average molecular weight is 276 g/mol. The molecule has 1 aromatic rings. The lowest BCUT2D eigenvalue weighted by Crippen LogP contribution is -2.41. The quantitative estimate of drug-likeness (QED) is 0.782. The number of hydrogen-bond donors (Lipinski definition) is 2. The molecule has 0 saturated heterocycles. The minimum absolute atomic E-state index is 0.0387. The first-order valence-corrected chi connectivity index (χ1v) is 7.18. The molecule has 1 amide bonds. The average Bonchev–Trinajstić information content (AvgIpc) is 2.34. The van der Waals surface area contributed by atoms with Gasteiger partial charge in [0.2, 0.25) is 5.91 Å². The second-order valence-electron chi connectivity index (χ2n) is 5.19. The highest BCUT2D eigenvalue weighted by Crippen LogP contribution is 2.25. The number of amides is 1. The monoisotopic (exact) mass is 276 g/mol. The third-order valence-corrected chi connectivity index (χ3v) is 4.02. The molecule has 4 heteroatoms. The minimum atomic E-state index is -0.405. The minimum Gasteiger partial charge on any atom is -0.393 e. The Morgan fingerprint density at radius 1 is 1.37 bits per heavy atom. The van der Waals surface area contributed by atoms with Gasteiger partial charge in [-0.3, -0.25) is 4.79 Å². The second kappa shape index (κ2) is 6.66. The van der Waals surface area contributed by atoms with Crippen molar-refractivity contribution >= 4 is 23.1 Å². The van der Waals surface area contributed by atoms with Gasteiger partial charge in [-0.25, -0.2) is 0 Å². The number of rotatable bonds is 6. The number of carbonyl (C=O) groups is 1. The number of benzene rings is 1. The van der Waals surface area contributed by atoms with E-state index in [-0.39, 0.29) is 10.9 Å². The van der Waals surface area contributed by atoms with Gasteiger partial charge in [0.25, 0.3) is 0 Å². The van der Waals surface area contributed by atoms with E-state index in [1.807, 2.05) is 30.3 Å². The topological polar surface area (TPSA) is 55.1 Å². The molecule has 2 rings (SSSR count). The van der Waals surface area contributed by atoms with Crippen LogP contribution in [0.5, 0.6) is 0 Å². The van der Waals surface area contributed by atoms with E-state index in [1.54, 1.807) is 0 Å². The van der Waals surface area contributed by atoms with Crippen molar-refractivity contribution in [2.45, 2.75) is 25.7 Å². The molecule has 1 unspecified atom stereocenters. The van der Waals surface area contributed by atoms with Gasteiger partial charge in [-0.1, -0.05) is 49.0 Å². The molecule has 0 aliphatic heterocycles. The van der Waals surface area contributed by atoms with E-state index >= 15 is 0 Å². The van der Waals surface area contributed by atoms with Crippen LogP contribution in [0.15, 0.2) is 30.3 Å². The van der Waals surface area contributed by atoms with E-state index < -0.39 is 5.92 Å². The van der Waals surface area contributed by atoms with Crippen molar-refractivity contribution in [1.82, 2.24) is 5.32 Å². The third kappa shape index (κ3) is 4.03. The number of carbonyl (C=O) groups excluding carboxylic acids is 1. The zero-order valence-electron chi connectivity index (χ0n) is 11.0. The summed E-state index contributed by atoms with van der Waals surface area (Å²) in [6, 6.07) is 9.85. The van der Waals surface area contributed by atoms with E-state index in [9.17, 15) is 4.79 Å². The molecule has 1 saturated carbocycles. The first-order valence-electron chi connectivity index (χ1n) is 6.78. The lowest BCUT2D eigenvalue weighted by molar-refractivity contribution is -0.123. The molecule has 0 spiro atoms. The fraction of sp³-hybridized carbons (Fsp3) is 0.467. The molecule has 1 aliphatic carbocycles. The molecule has 0 aromatic heterocycles. The van der Waals surface area contributed by atoms with E-state index in [2.05, 4.69) is 5.32 Å². The molecule has 102 valence electrons. The summed E-state index contributed by atoms with van der Waals surface area (Å²) in [4.78, 5) is 12.4. The molecular formula is C15H20N2OS. The molecular weight excluding hydrogens is 256 g/mol. The maximum absolute atomic E-state index is 12.2. The van der Waals surface area contributed by atoms with Crippen molar-refractivity contribution in [2.24, 2.45) is 17.6 Å². The summed E-state index contributed by atoms with van der Waals surface area (Å²) in [5, 5.41) is 2.98. The van der Waals surface area contributed by atoms with Crippen molar-refractivity contribution < 1.29 is 4.79 Å². The first-order chi connectivity index (χ1) is 9.16. The Morgan fingerprint density at radius 2 is 2.05 bits per heavy atom. The third-order valence-electron chi connectivity index (χ3n) is 3.73. The fourth-order valence-corrected chi connectivity index (χ4v) is 2.43. The second-order valence-corrected chi connectivity index (χ2v) is 5.66. The Hall–Kier alpha value is -1.42. The number of thiocarbonyl (C=S) groups is 1. The zero-order chi connectivity index (χ0) is 13.7. The van der Waals surface area contributed by atoms with Crippen LogP contribution in [0, 0.1) is 11.8 Å². The van der Waals surface area contributed by atoms with Gasteiger partial charge in [-0.2, -0.15) is 0 Å². The Kier molecular flexibility index (Phi) is 4.91. The van der Waals surface area contributed by atoms with Crippen LogP contribution in [0.4, 0.5) is 0 Å². The molecule has 1 aromatic carbocycles. The summed E-state index contributed by atoms with van der Waals surface area (Å²) < 4.78 is 0. The van der Waals surface area contributed by atoms with Gasteiger partial charge in [0.15, 0.2) is 0 Å². The van der Waals surface area contributed by atoms with Crippen LogP contribution >= 0.6 is 12.2 Å². The number of nitrogens with two attached hydrogens (primary N) is 1. The fourth-order valence-electron chi connectivity index (χ4n) is 2.24. The standard InChI is InChI=1S/C15H20N2OS/c16-14(19)13(9-11-5-2-1-3-6-11)15(18)17-10-12-7-4-8-12/h1-3,5-6,12-13H,4,7-10H2,(H2,16,19)(H,17,18). The Labute approximate surface area is 119 Å². The van der Waals surface area contributed by atoms with E-state index in [0.29, 0.717) is 12.3 Å². The summed E-state index contributed by atoms with van der Waals surface area (Å²) in [6.07, 6.45) is 4.30. The molecule has 1 aliphatic rings. The molecule has 0 radical (unpaired) electrons. The summed E-state index contributed by atoms with van der Waals surface area (Å²) in [5.41, 5.74) is 6.79. The lowest BCUT2D eigenvalue weighted by Gasteiger charge is -2.26. The van der Waals surface area contributed by atoms with Crippen LogP contribution in [-0.4, -0.2) is 17.4 Å². The summed E-state index contributed by atoms with van der Waals surface area (Å²) in [7, 11) is 0. The molecule has 19 heavy (non-hydrogen) atoms. The molecule has 1 fully saturated rings. The van der Waals surface area contributed by atoms with E-state index in [1.165, 1.54) is 19.3 Å². The van der Waals surface area contributed by atoms with Crippen molar-refractivity contribution in [2.75, 3.05) is 6.54 Å². The highest BCUT2D eigenvalue weighted by Gasteiger charge is 2.24. The molecule has 1 atom stereocenters. The lowest BCUT2D eigenvalue weighted by atomic mass is 9.85. The largest absolute Gasteiger partial charge is 0.393 e. The van der Waals surface area contributed by atoms with Gasteiger partial charge >= 0.3 is 0 Å². The SMILES string of the molecule is NC(=S)C(Cc1ccccc1)C(=O)NCC1CCC1. The van der Waals surface area contributed by atoms with Gasteiger partial charge in [-0.15, -0.1) is 0 Å². The van der Waals surface area contributed by atoms with Crippen LogP contribution in [0.2, 0.25) is 0 Å². The smallest absolute Gasteiger partial charge is 0.230 e. The molecule has 0 heterocycles. The summed E-state index contributed by atoms with van der Waals surface area (Å²) >= 11 is 5.03. The van der Waals surface area contributed by atoms with E-state index in [4.69, 9.17) is 18.0 Å². The maximum Gasteiger partial charge on any atom is 0.230 e. The number of nitrogens with one attached hydrogen (secondary N) is 1. The van der Waals surface area contributed by atoms with Gasteiger partial charge < -0.3 is 11.1 Å². The molecule has 3 N–H and O–H groups in total. The highest BCUT2D eigenvalue weighted by atomic mass is 32.1. The highest BCUT2D eigenvalue weighted by molar-refractivity contribution is 7.80. The van der Waals surface area contributed by atoms with Gasteiger partial charge in [0.1, 0.15) is 0 Å². The van der Waals surface area contributed by atoms with Crippen LogP contribution in [0.1, 0.15) is 24.8 Å². The van der Waals surface area contributed by atoms with Crippen molar-refractivity contribution in [1.29, 1.82) is 0 Å². The van der Waals surface area contributed by atoms with Crippen LogP contribution in [-0.2, 0) is 11.2 Å². The zero-order valence-corrected chi connectivity index (χ0v) is 11.8. The van der Waals surface area contributed by atoms with Crippen molar-refractivity contribution in [3.63, 3.8) is 0 Å². The van der Waals surface area contributed by atoms with Crippen LogP contribution in [0.3, 0.4) is 0 Å². The predicted molar refractivity (Wildman–Crippen MR) is 80.8 cm³/mol. The van der Waals surface area contributed by atoms with Gasteiger partial charge in [0.05, 0.1) is 10.9 Å². The summed E-state index contributed by atoms with van der Waals surface area (Å²) in [6.45, 7) is 0.757. The van der Waals surface area contributed by atoms with E-state index in [0.717, 1.165) is 12.1 Å².